The summed E-state index contributed by atoms with van der Waals surface area (Å²) in [4.78, 5) is 12.1. The van der Waals surface area contributed by atoms with E-state index in [0.717, 1.165) is 25.8 Å². The van der Waals surface area contributed by atoms with Crippen molar-refractivity contribution < 1.29 is 9.84 Å². The first-order valence-electron chi connectivity index (χ1n) is 6.56. The zero-order valence-electron chi connectivity index (χ0n) is 11.4. The van der Waals surface area contributed by atoms with Crippen molar-refractivity contribution in [3.8, 4) is 6.01 Å². The van der Waals surface area contributed by atoms with E-state index in [2.05, 4.69) is 20.3 Å². The minimum Gasteiger partial charge on any atom is -0.461 e. The lowest BCUT2D eigenvalue weighted by atomic mass is 10.0. The van der Waals surface area contributed by atoms with Crippen LogP contribution in [0.25, 0.3) is 0 Å². The van der Waals surface area contributed by atoms with Crippen LogP contribution in [0.15, 0.2) is 0 Å². The molecule has 1 aromatic heterocycles. The number of anilines is 2. The van der Waals surface area contributed by atoms with Crippen LogP contribution in [-0.4, -0.2) is 39.3 Å². The van der Waals surface area contributed by atoms with Gasteiger partial charge in [0, 0.05) is 13.2 Å². The molecule has 7 heteroatoms. The molecule has 1 aliphatic carbocycles. The Bertz CT molecular complexity index is 434. The minimum absolute atomic E-state index is 0.0150. The van der Waals surface area contributed by atoms with E-state index in [4.69, 9.17) is 15.6 Å². The summed E-state index contributed by atoms with van der Waals surface area (Å²) < 4.78 is 5.41. The van der Waals surface area contributed by atoms with Crippen molar-refractivity contribution in [2.75, 3.05) is 24.2 Å². The molecule has 7 nitrogen and oxygen atoms in total. The average Bonchev–Trinajstić information content (AvgIpc) is 3.06. The van der Waals surface area contributed by atoms with Gasteiger partial charge in [0.15, 0.2) is 0 Å². The molecule has 2 rings (SSSR count). The number of aliphatic hydroxyl groups is 1. The molecule has 1 fully saturated rings. The van der Waals surface area contributed by atoms with Gasteiger partial charge in [-0.25, -0.2) is 0 Å². The summed E-state index contributed by atoms with van der Waals surface area (Å²) in [6, 6.07) is 0.233. The van der Waals surface area contributed by atoms with Gasteiger partial charge in [-0.15, -0.1) is 0 Å². The first-order chi connectivity index (χ1) is 9.03. The van der Waals surface area contributed by atoms with Crippen LogP contribution < -0.4 is 15.8 Å². The Morgan fingerprint density at radius 1 is 1.37 bits per heavy atom. The normalized spacial score (nSPS) is 16.4. The Morgan fingerprint density at radius 2 is 2.11 bits per heavy atom. The summed E-state index contributed by atoms with van der Waals surface area (Å²) in [6.45, 7) is 4.74. The number of rotatable bonds is 7. The van der Waals surface area contributed by atoms with Crippen LogP contribution in [0.4, 0.5) is 11.9 Å². The molecule has 0 aromatic carbocycles. The summed E-state index contributed by atoms with van der Waals surface area (Å²) in [5.41, 5.74) is 5.82. The van der Waals surface area contributed by atoms with Gasteiger partial charge in [0.05, 0.1) is 6.10 Å². The maximum Gasteiger partial charge on any atom is 0.323 e. The highest BCUT2D eigenvalue weighted by Gasteiger charge is 2.41. The molecule has 0 saturated heterocycles. The maximum atomic E-state index is 9.02. The van der Waals surface area contributed by atoms with E-state index in [0.29, 0.717) is 5.95 Å². The van der Waals surface area contributed by atoms with Gasteiger partial charge >= 0.3 is 6.01 Å². The first-order valence-corrected chi connectivity index (χ1v) is 6.56. The van der Waals surface area contributed by atoms with Crippen molar-refractivity contribution in [3.05, 3.63) is 0 Å². The number of nitrogen functional groups attached to an aromatic ring is 1. The molecule has 1 aliphatic rings. The van der Waals surface area contributed by atoms with E-state index in [1.54, 1.807) is 0 Å². The number of hydrogen-bond acceptors (Lipinski definition) is 7. The monoisotopic (exact) mass is 267 g/mol. The van der Waals surface area contributed by atoms with Crippen LogP contribution in [0.5, 0.6) is 6.01 Å². The standard InChI is InChI=1S/C12H21N5O2/c1-8(2)19-11-16-9(13)15-10(17-11)14-7-12(3-4-12)5-6-18/h8,18H,3-7H2,1-2H3,(H3,13,14,15,16,17). The Labute approximate surface area is 112 Å². The number of nitrogens with two attached hydrogens (primary N) is 1. The van der Waals surface area contributed by atoms with Crippen molar-refractivity contribution in [3.63, 3.8) is 0 Å². The third-order valence-corrected chi connectivity index (χ3v) is 3.19. The Morgan fingerprint density at radius 3 is 2.68 bits per heavy atom. The van der Waals surface area contributed by atoms with Crippen molar-refractivity contribution >= 4 is 11.9 Å². The molecular weight excluding hydrogens is 246 g/mol. The quantitative estimate of drug-likeness (QED) is 0.671. The summed E-state index contributed by atoms with van der Waals surface area (Å²) in [5, 5.41) is 12.2. The van der Waals surface area contributed by atoms with Crippen LogP contribution in [0.3, 0.4) is 0 Å². The van der Waals surface area contributed by atoms with E-state index in [1.165, 1.54) is 0 Å². The number of aliphatic hydroxyl groups excluding tert-OH is 1. The van der Waals surface area contributed by atoms with Gasteiger partial charge in [0.25, 0.3) is 0 Å². The van der Waals surface area contributed by atoms with Gasteiger partial charge < -0.3 is 20.9 Å². The van der Waals surface area contributed by atoms with E-state index in [-0.39, 0.29) is 30.1 Å². The lowest BCUT2D eigenvalue weighted by molar-refractivity contribution is 0.222. The van der Waals surface area contributed by atoms with Crippen molar-refractivity contribution in [2.24, 2.45) is 5.41 Å². The number of ether oxygens (including phenoxy) is 1. The Hall–Kier alpha value is -1.63. The Balaban J connectivity index is 1.98. The highest BCUT2D eigenvalue weighted by Crippen LogP contribution is 2.48. The zero-order valence-corrected chi connectivity index (χ0v) is 11.4. The Kier molecular flexibility index (Phi) is 4.04. The molecule has 0 spiro atoms. The molecule has 0 amide bonds. The zero-order chi connectivity index (χ0) is 13.9. The van der Waals surface area contributed by atoms with Crippen molar-refractivity contribution in [1.29, 1.82) is 0 Å². The molecule has 0 unspecified atom stereocenters. The van der Waals surface area contributed by atoms with Gasteiger partial charge in [-0.3, -0.25) is 0 Å². The largest absolute Gasteiger partial charge is 0.461 e. The molecular formula is C12H21N5O2. The number of nitrogens with zero attached hydrogens (tertiary/aromatic N) is 3. The van der Waals surface area contributed by atoms with Crippen LogP contribution in [-0.2, 0) is 0 Å². The lowest BCUT2D eigenvalue weighted by Gasteiger charge is -2.15. The summed E-state index contributed by atoms with van der Waals surface area (Å²) in [5.74, 6) is 0.563. The second kappa shape index (κ2) is 5.56. The van der Waals surface area contributed by atoms with Crippen molar-refractivity contribution in [2.45, 2.75) is 39.2 Å². The topological polar surface area (TPSA) is 106 Å². The molecule has 1 heterocycles. The fraction of sp³-hybridized carbons (Fsp3) is 0.750. The number of hydrogen-bond donors (Lipinski definition) is 3. The molecule has 0 aliphatic heterocycles. The van der Waals surface area contributed by atoms with Crippen LogP contribution in [0, 0.1) is 5.41 Å². The molecule has 19 heavy (non-hydrogen) atoms. The van der Waals surface area contributed by atoms with Gasteiger partial charge in [-0.2, -0.15) is 15.0 Å². The van der Waals surface area contributed by atoms with Gasteiger partial charge in [-0.05, 0) is 38.5 Å². The number of aromatic nitrogens is 3. The number of nitrogens with one attached hydrogen (secondary N) is 1. The average molecular weight is 267 g/mol. The summed E-state index contributed by atoms with van der Waals surface area (Å²) in [6.07, 6.45) is 3.03. The summed E-state index contributed by atoms with van der Waals surface area (Å²) in [7, 11) is 0. The van der Waals surface area contributed by atoms with E-state index in [1.807, 2.05) is 13.8 Å². The summed E-state index contributed by atoms with van der Waals surface area (Å²) >= 11 is 0. The van der Waals surface area contributed by atoms with Crippen molar-refractivity contribution in [1.82, 2.24) is 15.0 Å². The molecule has 1 aromatic rings. The molecule has 4 N–H and O–H groups in total. The van der Waals surface area contributed by atoms with Crippen LogP contribution >= 0.6 is 0 Å². The predicted octanol–water partition coefficient (Wildman–Crippen LogP) is 0.815. The van der Waals surface area contributed by atoms with E-state index in [9.17, 15) is 0 Å². The van der Waals surface area contributed by atoms with Gasteiger partial charge in [0.2, 0.25) is 11.9 Å². The third-order valence-electron chi connectivity index (χ3n) is 3.19. The smallest absolute Gasteiger partial charge is 0.323 e. The molecule has 0 bridgehead atoms. The highest BCUT2D eigenvalue weighted by atomic mass is 16.5. The third kappa shape index (κ3) is 3.92. The second-order valence-corrected chi connectivity index (χ2v) is 5.29. The molecule has 106 valence electrons. The molecule has 1 saturated carbocycles. The highest BCUT2D eigenvalue weighted by molar-refractivity contribution is 5.33. The second-order valence-electron chi connectivity index (χ2n) is 5.29. The predicted molar refractivity (Wildman–Crippen MR) is 71.9 cm³/mol. The van der Waals surface area contributed by atoms with E-state index >= 15 is 0 Å². The van der Waals surface area contributed by atoms with Gasteiger partial charge in [-0.1, -0.05) is 0 Å². The molecule has 0 radical (unpaired) electrons. The SMILES string of the molecule is CC(C)Oc1nc(N)nc(NCC2(CCO)CC2)n1. The lowest BCUT2D eigenvalue weighted by Crippen LogP contribution is -2.19. The maximum absolute atomic E-state index is 9.02. The van der Waals surface area contributed by atoms with Gasteiger partial charge in [0.1, 0.15) is 0 Å². The van der Waals surface area contributed by atoms with Crippen LogP contribution in [0.1, 0.15) is 33.1 Å². The minimum atomic E-state index is -0.0150. The fourth-order valence-electron chi connectivity index (χ4n) is 1.91. The first kappa shape index (κ1) is 13.8. The van der Waals surface area contributed by atoms with E-state index < -0.39 is 0 Å². The molecule has 0 atom stereocenters. The van der Waals surface area contributed by atoms with Crippen LogP contribution in [0.2, 0.25) is 0 Å². The fourth-order valence-corrected chi connectivity index (χ4v) is 1.91.